The Hall–Kier alpha value is -0.940. The van der Waals surface area contributed by atoms with E-state index in [0.29, 0.717) is 13.0 Å². The molecule has 0 spiro atoms. The van der Waals surface area contributed by atoms with Crippen LogP contribution in [0.15, 0.2) is 0 Å². The van der Waals surface area contributed by atoms with Crippen molar-refractivity contribution in [1.29, 1.82) is 0 Å². The molecule has 0 aromatic carbocycles. The number of Topliss-reactive ketones (excluding diaryl/α,β-unsaturated/α-hetero) is 1. The highest BCUT2D eigenvalue weighted by Gasteiger charge is 2.24. The van der Waals surface area contributed by atoms with Crippen molar-refractivity contribution < 1.29 is 19.1 Å². The summed E-state index contributed by atoms with van der Waals surface area (Å²) in [5.74, 6) is -0.155. The van der Waals surface area contributed by atoms with Gasteiger partial charge in [-0.15, -0.1) is 0 Å². The summed E-state index contributed by atoms with van der Waals surface area (Å²) >= 11 is 0. The van der Waals surface area contributed by atoms with Gasteiger partial charge in [0.15, 0.2) is 0 Å². The van der Waals surface area contributed by atoms with E-state index in [1.165, 1.54) is 26.9 Å². The average Bonchev–Trinajstić information content (AvgIpc) is 2.41. The van der Waals surface area contributed by atoms with Crippen LogP contribution in [0, 0.1) is 0 Å². The molecule has 0 saturated carbocycles. The smallest absolute Gasteiger partial charge is 0.246 e. The molecular formula is C16H31NO4. The van der Waals surface area contributed by atoms with Crippen molar-refractivity contribution in [3.05, 3.63) is 0 Å². The summed E-state index contributed by atoms with van der Waals surface area (Å²) in [6, 6.07) is -0.272. The highest BCUT2D eigenvalue weighted by Crippen LogP contribution is 2.14. The van der Waals surface area contributed by atoms with E-state index in [4.69, 9.17) is 9.47 Å². The first-order valence-corrected chi connectivity index (χ1v) is 7.94. The Labute approximate surface area is 128 Å². The average molecular weight is 301 g/mol. The topological polar surface area (TPSA) is 64.6 Å². The quantitative estimate of drug-likeness (QED) is 0.531. The fourth-order valence-electron chi connectivity index (χ4n) is 2.35. The number of hydrogen-bond donors (Lipinski definition) is 1. The largest absolute Gasteiger partial charge is 0.376 e. The Bertz CT molecular complexity index is 294. The summed E-state index contributed by atoms with van der Waals surface area (Å²) in [7, 11) is 1.48. The normalized spacial score (nSPS) is 13.7. The molecule has 0 radical (unpaired) electrons. The number of ketones is 1. The molecule has 1 N–H and O–H groups in total. The zero-order valence-electron chi connectivity index (χ0n) is 13.9. The molecular weight excluding hydrogens is 270 g/mol. The molecule has 21 heavy (non-hydrogen) atoms. The van der Waals surface area contributed by atoms with Crippen LogP contribution in [0.3, 0.4) is 0 Å². The Morgan fingerprint density at radius 2 is 1.86 bits per heavy atom. The van der Waals surface area contributed by atoms with E-state index in [-0.39, 0.29) is 30.4 Å². The van der Waals surface area contributed by atoms with Crippen molar-refractivity contribution in [2.75, 3.05) is 20.3 Å². The second-order valence-corrected chi connectivity index (χ2v) is 5.36. The lowest BCUT2D eigenvalue weighted by Gasteiger charge is -2.27. The maximum Gasteiger partial charge on any atom is 0.246 e. The van der Waals surface area contributed by atoms with Crippen molar-refractivity contribution in [3.63, 3.8) is 0 Å². The summed E-state index contributed by atoms with van der Waals surface area (Å²) in [6.07, 6.45) is 5.63. The highest BCUT2D eigenvalue weighted by molar-refractivity contribution is 5.80. The molecule has 0 unspecified atom stereocenters. The van der Waals surface area contributed by atoms with Gasteiger partial charge < -0.3 is 14.8 Å². The van der Waals surface area contributed by atoms with Gasteiger partial charge in [0.1, 0.15) is 12.4 Å². The van der Waals surface area contributed by atoms with Gasteiger partial charge in [-0.1, -0.05) is 32.6 Å². The second kappa shape index (κ2) is 12.8. The SMILES string of the molecule is CCCCCC[C@@H](OCC)[C@@H](CC(C)=O)NC(=O)COC. The van der Waals surface area contributed by atoms with Crippen molar-refractivity contribution in [2.45, 2.75) is 71.4 Å². The molecule has 124 valence electrons. The van der Waals surface area contributed by atoms with Gasteiger partial charge in [-0.3, -0.25) is 9.59 Å². The molecule has 0 rings (SSSR count). The maximum absolute atomic E-state index is 11.7. The maximum atomic E-state index is 11.7. The van der Waals surface area contributed by atoms with Gasteiger partial charge in [0, 0.05) is 20.1 Å². The highest BCUT2D eigenvalue weighted by atomic mass is 16.5. The van der Waals surface area contributed by atoms with Crippen LogP contribution < -0.4 is 5.32 Å². The minimum atomic E-state index is -0.272. The van der Waals surface area contributed by atoms with Gasteiger partial charge in [-0.2, -0.15) is 0 Å². The van der Waals surface area contributed by atoms with Gasteiger partial charge in [-0.05, 0) is 20.3 Å². The number of unbranched alkanes of at least 4 members (excludes halogenated alkanes) is 3. The van der Waals surface area contributed by atoms with E-state index in [1.54, 1.807) is 0 Å². The van der Waals surface area contributed by atoms with Gasteiger partial charge in [0.25, 0.3) is 0 Å². The van der Waals surface area contributed by atoms with Crippen LogP contribution in [0.2, 0.25) is 0 Å². The van der Waals surface area contributed by atoms with Gasteiger partial charge in [-0.25, -0.2) is 0 Å². The molecule has 1 amide bonds. The number of methoxy groups -OCH3 is 1. The zero-order chi connectivity index (χ0) is 16.1. The van der Waals surface area contributed by atoms with Crippen LogP contribution in [0.1, 0.15) is 59.3 Å². The summed E-state index contributed by atoms with van der Waals surface area (Å²) < 4.78 is 10.6. The van der Waals surface area contributed by atoms with Crippen LogP contribution in [0.5, 0.6) is 0 Å². The number of hydrogen-bond acceptors (Lipinski definition) is 4. The summed E-state index contributed by atoms with van der Waals surface area (Å²) in [5.41, 5.74) is 0. The molecule has 0 aliphatic carbocycles. The molecule has 5 heteroatoms. The molecule has 0 aromatic heterocycles. The monoisotopic (exact) mass is 301 g/mol. The minimum Gasteiger partial charge on any atom is -0.376 e. The van der Waals surface area contributed by atoms with Gasteiger partial charge in [0.05, 0.1) is 12.1 Å². The molecule has 0 aliphatic rings. The lowest BCUT2D eigenvalue weighted by atomic mass is 9.99. The molecule has 0 fully saturated rings. The van der Waals surface area contributed by atoms with Crippen LogP contribution in [-0.4, -0.2) is 44.2 Å². The third-order valence-electron chi connectivity index (χ3n) is 3.30. The van der Waals surface area contributed by atoms with Crippen LogP contribution in [0.4, 0.5) is 0 Å². The predicted octanol–water partition coefficient (Wildman–Crippen LogP) is 2.47. The fraction of sp³-hybridized carbons (Fsp3) is 0.875. The van der Waals surface area contributed by atoms with Gasteiger partial charge >= 0.3 is 0 Å². The molecule has 2 atom stereocenters. The van der Waals surface area contributed by atoms with Crippen LogP contribution in [-0.2, 0) is 19.1 Å². The van der Waals surface area contributed by atoms with E-state index in [0.717, 1.165) is 19.3 Å². The lowest BCUT2D eigenvalue weighted by Crippen LogP contribution is -2.46. The summed E-state index contributed by atoms with van der Waals surface area (Å²) in [4.78, 5) is 23.2. The molecule has 0 saturated heterocycles. The predicted molar refractivity (Wildman–Crippen MR) is 83.3 cm³/mol. The molecule has 0 bridgehead atoms. The Balaban J connectivity index is 4.58. The van der Waals surface area contributed by atoms with Crippen molar-refractivity contribution in [1.82, 2.24) is 5.32 Å². The summed E-state index contributed by atoms with van der Waals surface area (Å²) in [5, 5.41) is 2.87. The Kier molecular flexibility index (Phi) is 12.2. The minimum absolute atomic E-state index is 0.00306. The first-order valence-electron chi connectivity index (χ1n) is 7.94. The van der Waals surface area contributed by atoms with E-state index in [2.05, 4.69) is 12.2 Å². The van der Waals surface area contributed by atoms with Crippen molar-refractivity contribution in [3.8, 4) is 0 Å². The van der Waals surface area contributed by atoms with Crippen LogP contribution >= 0.6 is 0 Å². The zero-order valence-corrected chi connectivity index (χ0v) is 13.9. The number of carbonyl (C=O) groups is 2. The number of nitrogens with one attached hydrogen (secondary N) is 1. The van der Waals surface area contributed by atoms with E-state index >= 15 is 0 Å². The van der Waals surface area contributed by atoms with E-state index < -0.39 is 0 Å². The number of carbonyl (C=O) groups excluding carboxylic acids is 2. The van der Waals surface area contributed by atoms with Gasteiger partial charge in [0.2, 0.25) is 5.91 Å². The van der Waals surface area contributed by atoms with E-state index in [1.807, 2.05) is 6.92 Å². The molecule has 0 aliphatic heterocycles. The first kappa shape index (κ1) is 20.1. The lowest BCUT2D eigenvalue weighted by molar-refractivity contribution is -0.127. The first-order chi connectivity index (χ1) is 10.0. The number of rotatable bonds is 13. The number of ether oxygens (including phenoxy) is 2. The molecule has 5 nitrogen and oxygen atoms in total. The van der Waals surface area contributed by atoms with Crippen LogP contribution in [0.25, 0.3) is 0 Å². The number of amides is 1. The third kappa shape index (κ3) is 10.4. The molecule has 0 heterocycles. The fourth-order valence-corrected chi connectivity index (χ4v) is 2.35. The van der Waals surface area contributed by atoms with Crippen molar-refractivity contribution in [2.24, 2.45) is 0 Å². The molecule has 0 aromatic rings. The van der Waals surface area contributed by atoms with E-state index in [9.17, 15) is 9.59 Å². The standard InChI is InChI=1S/C16H31NO4/c1-5-7-8-9-10-15(21-6-2)14(11-13(3)18)17-16(19)12-20-4/h14-15H,5-12H2,1-4H3,(H,17,19)/t14-,15-/m1/s1. The summed E-state index contributed by atoms with van der Waals surface area (Å²) in [6.45, 7) is 6.22. The Morgan fingerprint density at radius 1 is 1.14 bits per heavy atom. The second-order valence-electron chi connectivity index (χ2n) is 5.36. The van der Waals surface area contributed by atoms with Crippen molar-refractivity contribution >= 4 is 11.7 Å². The Morgan fingerprint density at radius 3 is 2.38 bits per heavy atom. The third-order valence-corrected chi connectivity index (χ3v) is 3.30.